The summed E-state index contributed by atoms with van der Waals surface area (Å²) in [6.07, 6.45) is 13.9. The van der Waals surface area contributed by atoms with Crippen LogP contribution < -0.4 is 0 Å². The fourth-order valence-electron chi connectivity index (χ4n) is 11.1. The summed E-state index contributed by atoms with van der Waals surface area (Å²) >= 11 is 0. The van der Waals surface area contributed by atoms with Crippen molar-refractivity contribution in [2.24, 2.45) is 56.2 Å². The number of hydrogen-bond donors (Lipinski definition) is 0. The zero-order chi connectivity index (χ0) is 27.2. The number of rotatable bonds is 3. The number of allylic oxidation sites excluding steroid dienone is 2. The van der Waals surface area contributed by atoms with E-state index in [4.69, 9.17) is 4.74 Å². The topological polar surface area (TPSA) is 43.4 Å². The molecular weight excluding hydrogens is 456 g/mol. The summed E-state index contributed by atoms with van der Waals surface area (Å²) in [4.78, 5) is 26.1. The number of ketones is 1. The lowest BCUT2D eigenvalue weighted by Crippen LogP contribution is -2.65. The van der Waals surface area contributed by atoms with Crippen LogP contribution in [0.5, 0.6) is 0 Å². The van der Waals surface area contributed by atoms with Crippen molar-refractivity contribution in [3.63, 3.8) is 0 Å². The van der Waals surface area contributed by atoms with Crippen molar-refractivity contribution < 1.29 is 14.3 Å². The minimum absolute atomic E-state index is 0.00161. The van der Waals surface area contributed by atoms with Gasteiger partial charge in [-0.05, 0) is 121 Å². The molecule has 0 aromatic heterocycles. The molecule has 0 aromatic carbocycles. The van der Waals surface area contributed by atoms with Crippen molar-refractivity contribution in [2.45, 2.75) is 127 Å². The number of carbonyl (C=O) groups excluding carboxylic acids is 2. The Balaban J connectivity index is 1.58. The average molecular weight is 511 g/mol. The molecule has 5 aliphatic rings. The molecule has 5 aliphatic carbocycles. The third kappa shape index (κ3) is 3.78. The number of carbonyl (C=O) groups is 2. The largest absolute Gasteiger partial charge is 0.466 e. The average Bonchev–Trinajstić information content (AvgIpc) is 2.78. The Hall–Kier alpha value is -1.12. The van der Waals surface area contributed by atoms with Gasteiger partial charge in [0.1, 0.15) is 0 Å². The molecule has 4 saturated carbocycles. The lowest BCUT2D eigenvalue weighted by atomic mass is 9.33. The molecule has 3 nitrogen and oxygen atoms in total. The Morgan fingerprint density at radius 2 is 1.62 bits per heavy atom. The normalized spacial score (nSPS) is 48.0. The number of ether oxygens (including phenoxy) is 1. The Morgan fingerprint density at radius 1 is 0.946 bits per heavy atom. The number of esters is 1. The van der Waals surface area contributed by atoms with E-state index in [2.05, 4.69) is 61.5 Å². The van der Waals surface area contributed by atoms with Gasteiger partial charge in [-0.3, -0.25) is 9.59 Å². The van der Waals surface area contributed by atoms with Crippen LogP contribution in [0.4, 0.5) is 0 Å². The first-order chi connectivity index (χ1) is 17.0. The van der Waals surface area contributed by atoms with Gasteiger partial charge in [0, 0.05) is 12.8 Å². The summed E-state index contributed by atoms with van der Waals surface area (Å²) in [5.74, 6) is 2.08. The third-order valence-electron chi connectivity index (χ3n) is 14.0. The minimum atomic E-state index is -0.187. The minimum Gasteiger partial charge on any atom is -0.466 e. The SMILES string of the molecule is CC(=O)OCC[C@]12CCC(C)(C)C[C@H]1[C@H]1C(=O)C=C3[C@@]4(C)CC[C@H](C)C(C)(C)[C@@H]4CC[C@@]3(C)[C@]1(C)CC2. The lowest BCUT2D eigenvalue weighted by molar-refractivity contribution is -0.180. The summed E-state index contributed by atoms with van der Waals surface area (Å²) in [7, 11) is 0. The molecule has 0 amide bonds. The van der Waals surface area contributed by atoms with Gasteiger partial charge in [0.05, 0.1) is 6.61 Å². The highest BCUT2D eigenvalue weighted by atomic mass is 16.5. The Morgan fingerprint density at radius 3 is 2.30 bits per heavy atom. The first-order valence-electron chi connectivity index (χ1n) is 15.4. The highest BCUT2D eigenvalue weighted by Gasteiger charge is 2.69. The van der Waals surface area contributed by atoms with E-state index in [0.717, 1.165) is 31.6 Å². The molecular formula is C34H54O3. The van der Waals surface area contributed by atoms with Crippen LogP contribution in [-0.4, -0.2) is 18.4 Å². The molecule has 0 aliphatic heterocycles. The van der Waals surface area contributed by atoms with E-state index in [0.29, 0.717) is 29.6 Å². The molecule has 0 spiro atoms. The van der Waals surface area contributed by atoms with E-state index in [1.54, 1.807) is 0 Å². The molecule has 0 aromatic rings. The molecule has 5 rings (SSSR count). The summed E-state index contributed by atoms with van der Waals surface area (Å²) in [5, 5.41) is 0. The highest BCUT2D eigenvalue weighted by Crippen LogP contribution is 2.75. The van der Waals surface area contributed by atoms with Gasteiger partial charge in [0.15, 0.2) is 5.78 Å². The van der Waals surface area contributed by atoms with E-state index < -0.39 is 0 Å². The molecule has 0 bridgehead atoms. The second-order valence-electron chi connectivity index (χ2n) is 16.4. The van der Waals surface area contributed by atoms with Gasteiger partial charge in [-0.25, -0.2) is 0 Å². The van der Waals surface area contributed by atoms with Crippen LogP contribution in [0.25, 0.3) is 0 Å². The summed E-state index contributed by atoms with van der Waals surface area (Å²) < 4.78 is 5.50. The summed E-state index contributed by atoms with van der Waals surface area (Å²) in [6, 6.07) is 0. The van der Waals surface area contributed by atoms with Crippen LogP contribution in [0.1, 0.15) is 127 Å². The van der Waals surface area contributed by atoms with Crippen molar-refractivity contribution in [1.82, 2.24) is 0 Å². The monoisotopic (exact) mass is 510 g/mol. The van der Waals surface area contributed by atoms with E-state index in [1.165, 1.54) is 51.0 Å². The van der Waals surface area contributed by atoms with Gasteiger partial charge < -0.3 is 4.74 Å². The molecule has 0 N–H and O–H groups in total. The van der Waals surface area contributed by atoms with E-state index in [9.17, 15) is 9.59 Å². The van der Waals surface area contributed by atoms with Crippen LogP contribution in [-0.2, 0) is 14.3 Å². The van der Waals surface area contributed by atoms with Gasteiger partial charge in [-0.15, -0.1) is 0 Å². The van der Waals surface area contributed by atoms with E-state index in [-0.39, 0.29) is 39.0 Å². The summed E-state index contributed by atoms with van der Waals surface area (Å²) in [6.45, 7) is 21.9. The zero-order valence-electron chi connectivity index (χ0n) is 25.4. The Bertz CT molecular complexity index is 1000. The smallest absolute Gasteiger partial charge is 0.302 e. The molecule has 4 fully saturated rings. The predicted molar refractivity (Wildman–Crippen MR) is 150 cm³/mol. The molecule has 0 unspecified atom stereocenters. The van der Waals surface area contributed by atoms with Crippen LogP contribution >= 0.6 is 0 Å². The van der Waals surface area contributed by atoms with Gasteiger partial charge >= 0.3 is 5.97 Å². The maximum Gasteiger partial charge on any atom is 0.302 e. The van der Waals surface area contributed by atoms with Gasteiger partial charge in [0.2, 0.25) is 0 Å². The fourth-order valence-corrected chi connectivity index (χ4v) is 11.1. The van der Waals surface area contributed by atoms with Crippen LogP contribution in [0.3, 0.4) is 0 Å². The van der Waals surface area contributed by atoms with Crippen molar-refractivity contribution in [2.75, 3.05) is 6.61 Å². The highest BCUT2D eigenvalue weighted by molar-refractivity contribution is 5.95. The molecule has 208 valence electrons. The molecule has 0 heterocycles. The molecule has 3 heteroatoms. The van der Waals surface area contributed by atoms with Crippen molar-refractivity contribution >= 4 is 11.8 Å². The summed E-state index contributed by atoms with van der Waals surface area (Å²) in [5.41, 5.74) is 2.41. The van der Waals surface area contributed by atoms with Gasteiger partial charge in [-0.1, -0.05) is 61.0 Å². The quantitative estimate of drug-likeness (QED) is 0.357. The van der Waals surface area contributed by atoms with E-state index >= 15 is 0 Å². The lowest BCUT2D eigenvalue weighted by Gasteiger charge is -2.70. The van der Waals surface area contributed by atoms with Crippen LogP contribution in [0.2, 0.25) is 0 Å². The molecule has 0 saturated heterocycles. The third-order valence-corrected chi connectivity index (χ3v) is 14.0. The van der Waals surface area contributed by atoms with Crippen molar-refractivity contribution in [3.05, 3.63) is 11.6 Å². The van der Waals surface area contributed by atoms with Crippen LogP contribution in [0.15, 0.2) is 11.6 Å². The Kier molecular flexibility index (Phi) is 6.26. The fraction of sp³-hybridized carbons (Fsp3) is 0.882. The van der Waals surface area contributed by atoms with Gasteiger partial charge in [-0.2, -0.15) is 0 Å². The van der Waals surface area contributed by atoms with Crippen molar-refractivity contribution in [3.8, 4) is 0 Å². The maximum absolute atomic E-state index is 14.5. The predicted octanol–water partition coefficient (Wildman–Crippen LogP) is 8.56. The number of fused-ring (bicyclic) bond motifs is 7. The molecule has 37 heavy (non-hydrogen) atoms. The second kappa shape index (κ2) is 8.44. The zero-order valence-corrected chi connectivity index (χ0v) is 25.4. The van der Waals surface area contributed by atoms with E-state index in [1.807, 2.05) is 0 Å². The molecule has 8 atom stereocenters. The maximum atomic E-state index is 14.5. The first-order valence-corrected chi connectivity index (χ1v) is 15.4. The molecule has 0 radical (unpaired) electrons. The second-order valence-corrected chi connectivity index (χ2v) is 16.4. The van der Waals surface area contributed by atoms with Crippen LogP contribution in [0, 0.1) is 56.2 Å². The number of hydrogen-bond acceptors (Lipinski definition) is 3. The van der Waals surface area contributed by atoms with Crippen molar-refractivity contribution in [1.29, 1.82) is 0 Å². The van der Waals surface area contributed by atoms with Gasteiger partial charge in [0.25, 0.3) is 0 Å². The Labute approximate surface area is 227 Å². The standard InChI is InChI=1S/C34H54O3/c1-22-10-12-31(7)26(30(22,5)6)11-13-32(8)27(31)20-25(36)28-24-21-29(3,4)14-16-34(24,17-15-33(28,32)9)18-19-37-23(2)35/h20,22,24,26,28H,10-19,21H2,1-9H3/t22-,24-,26-,28-,31-,32+,33+,34+/m0/s1. The first kappa shape index (κ1) is 27.4.